The van der Waals surface area contributed by atoms with Gasteiger partial charge in [-0.1, -0.05) is 29.0 Å². The molecule has 5 nitrogen and oxygen atoms in total. The minimum atomic E-state index is -0.477. The molecule has 0 spiro atoms. The summed E-state index contributed by atoms with van der Waals surface area (Å²) in [5.74, 6) is 0. The zero-order valence-electron chi connectivity index (χ0n) is 7.55. The Kier molecular flexibility index (Phi) is 3.36. The standard InChI is InChI=1S/C8H3ClIN3O2S/c9-4-2-1-3-5(13(14)15)6(4)7-11-12-8(10)16-7/h1-3H. The molecule has 16 heavy (non-hydrogen) atoms. The summed E-state index contributed by atoms with van der Waals surface area (Å²) in [6.07, 6.45) is 0. The van der Waals surface area contributed by atoms with Crippen LogP contribution >= 0.6 is 45.5 Å². The van der Waals surface area contributed by atoms with E-state index in [9.17, 15) is 10.1 Å². The Labute approximate surface area is 113 Å². The predicted octanol–water partition coefficient (Wildman–Crippen LogP) is 3.37. The highest BCUT2D eigenvalue weighted by Gasteiger charge is 2.21. The van der Waals surface area contributed by atoms with Gasteiger partial charge >= 0.3 is 0 Å². The van der Waals surface area contributed by atoms with Crippen LogP contribution in [-0.2, 0) is 0 Å². The minimum Gasteiger partial charge on any atom is -0.258 e. The van der Waals surface area contributed by atoms with E-state index in [1.807, 2.05) is 22.6 Å². The Hall–Kier alpha value is -0.800. The van der Waals surface area contributed by atoms with Crippen molar-refractivity contribution in [2.45, 2.75) is 0 Å². The van der Waals surface area contributed by atoms with Gasteiger partial charge in [0.1, 0.15) is 5.56 Å². The number of hydrogen-bond donors (Lipinski definition) is 0. The Morgan fingerprint density at radius 3 is 2.75 bits per heavy atom. The highest BCUT2D eigenvalue weighted by atomic mass is 127. The lowest BCUT2D eigenvalue weighted by molar-refractivity contribution is -0.384. The third-order valence-corrected chi connectivity index (χ3v) is 3.72. The molecule has 1 heterocycles. The molecule has 2 aromatic rings. The SMILES string of the molecule is O=[N+]([O-])c1cccc(Cl)c1-c1nnc(I)s1. The molecular formula is C8H3ClIN3O2S. The van der Waals surface area contributed by atoms with Crippen molar-refractivity contribution < 1.29 is 4.92 Å². The van der Waals surface area contributed by atoms with Crippen LogP contribution in [0.3, 0.4) is 0 Å². The van der Waals surface area contributed by atoms with E-state index in [-0.39, 0.29) is 5.69 Å². The Balaban J connectivity index is 2.67. The average molecular weight is 368 g/mol. The van der Waals surface area contributed by atoms with Crippen LogP contribution < -0.4 is 0 Å². The molecule has 0 saturated carbocycles. The van der Waals surface area contributed by atoms with Crippen molar-refractivity contribution in [2.24, 2.45) is 0 Å². The number of benzene rings is 1. The topological polar surface area (TPSA) is 68.9 Å². The summed E-state index contributed by atoms with van der Waals surface area (Å²) in [5.41, 5.74) is 0.273. The number of nitro groups is 1. The molecular weight excluding hydrogens is 365 g/mol. The smallest absolute Gasteiger partial charge is 0.258 e. The number of aromatic nitrogens is 2. The largest absolute Gasteiger partial charge is 0.281 e. The van der Waals surface area contributed by atoms with Crippen LogP contribution in [0.2, 0.25) is 5.02 Å². The molecule has 0 radical (unpaired) electrons. The van der Waals surface area contributed by atoms with Crippen molar-refractivity contribution in [3.05, 3.63) is 36.4 Å². The van der Waals surface area contributed by atoms with E-state index in [1.54, 1.807) is 6.07 Å². The van der Waals surface area contributed by atoms with Crippen LogP contribution in [0.1, 0.15) is 0 Å². The molecule has 0 fully saturated rings. The third kappa shape index (κ3) is 2.15. The maximum Gasteiger partial charge on any atom is 0.281 e. The summed E-state index contributed by atoms with van der Waals surface area (Å²) < 4.78 is 0.710. The van der Waals surface area contributed by atoms with Crippen LogP contribution in [0, 0.1) is 13.1 Å². The molecule has 1 aromatic heterocycles. The van der Waals surface area contributed by atoms with Gasteiger partial charge in [-0.25, -0.2) is 0 Å². The van der Waals surface area contributed by atoms with Crippen molar-refractivity contribution in [1.29, 1.82) is 0 Å². The van der Waals surface area contributed by atoms with Crippen molar-refractivity contribution in [3.8, 4) is 10.6 Å². The fourth-order valence-corrected chi connectivity index (χ4v) is 2.87. The second kappa shape index (κ2) is 4.60. The Bertz CT molecular complexity index is 560. The number of halogens is 2. The maximum absolute atomic E-state index is 10.9. The normalized spacial score (nSPS) is 10.4. The van der Waals surface area contributed by atoms with Gasteiger partial charge in [0.25, 0.3) is 5.69 Å². The van der Waals surface area contributed by atoms with E-state index in [4.69, 9.17) is 11.6 Å². The molecule has 0 aliphatic heterocycles. The zero-order valence-corrected chi connectivity index (χ0v) is 11.3. The van der Waals surface area contributed by atoms with Gasteiger partial charge in [-0.2, -0.15) is 0 Å². The molecule has 8 heteroatoms. The summed E-state index contributed by atoms with van der Waals surface area (Å²) >= 11 is 9.21. The van der Waals surface area contributed by atoms with Gasteiger partial charge in [0, 0.05) is 6.07 Å². The molecule has 2 rings (SSSR count). The molecule has 82 valence electrons. The van der Waals surface area contributed by atoms with Crippen LogP contribution in [0.4, 0.5) is 5.69 Å². The van der Waals surface area contributed by atoms with Gasteiger partial charge < -0.3 is 0 Å². The Morgan fingerprint density at radius 2 is 2.19 bits per heavy atom. The van der Waals surface area contributed by atoms with Crippen molar-refractivity contribution >= 4 is 51.2 Å². The maximum atomic E-state index is 10.9. The molecule has 0 aliphatic carbocycles. The van der Waals surface area contributed by atoms with Crippen LogP contribution in [0.15, 0.2) is 18.2 Å². The average Bonchev–Trinajstić information content (AvgIpc) is 2.64. The van der Waals surface area contributed by atoms with E-state index in [0.717, 1.165) is 0 Å². The molecule has 0 amide bonds. The summed E-state index contributed by atoms with van der Waals surface area (Å²) in [7, 11) is 0. The summed E-state index contributed by atoms with van der Waals surface area (Å²) in [6.45, 7) is 0. The molecule has 0 bridgehead atoms. The summed E-state index contributed by atoms with van der Waals surface area (Å²) in [5, 5.41) is 19.3. The lowest BCUT2D eigenvalue weighted by Gasteiger charge is -2.00. The van der Waals surface area contributed by atoms with E-state index < -0.39 is 4.92 Å². The molecule has 0 N–H and O–H groups in total. The molecule has 0 atom stereocenters. The minimum absolute atomic E-state index is 0.0555. The quantitative estimate of drug-likeness (QED) is 0.463. The monoisotopic (exact) mass is 367 g/mol. The number of nitro benzene ring substituents is 1. The molecule has 0 unspecified atom stereocenters. The van der Waals surface area contributed by atoms with Gasteiger partial charge in [-0.05, 0) is 28.7 Å². The van der Waals surface area contributed by atoms with Crippen LogP contribution in [-0.4, -0.2) is 15.1 Å². The van der Waals surface area contributed by atoms with Gasteiger partial charge in [-0.15, -0.1) is 10.2 Å². The highest BCUT2D eigenvalue weighted by molar-refractivity contribution is 14.1. The second-order valence-electron chi connectivity index (χ2n) is 2.75. The first-order chi connectivity index (χ1) is 7.59. The second-order valence-corrected chi connectivity index (χ2v) is 5.89. The van der Waals surface area contributed by atoms with Gasteiger partial charge in [-0.3, -0.25) is 10.1 Å². The van der Waals surface area contributed by atoms with Crippen LogP contribution in [0.25, 0.3) is 10.6 Å². The van der Waals surface area contributed by atoms with E-state index >= 15 is 0 Å². The van der Waals surface area contributed by atoms with Crippen molar-refractivity contribution in [1.82, 2.24) is 10.2 Å². The fraction of sp³-hybridized carbons (Fsp3) is 0. The first-order valence-electron chi connectivity index (χ1n) is 4.02. The Morgan fingerprint density at radius 1 is 1.44 bits per heavy atom. The number of hydrogen-bond acceptors (Lipinski definition) is 5. The van der Waals surface area contributed by atoms with E-state index in [0.29, 0.717) is 18.6 Å². The number of rotatable bonds is 2. The van der Waals surface area contributed by atoms with Crippen molar-refractivity contribution in [2.75, 3.05) is 0 Å². The highest BCUT2D eigenvalue weighted by Crippen LogP contribution is 2.37. The van der Waals surface area contributed by atoms with E-state index in [1.165, 1.54) is 23.5 Å². The first kappa shape index (κ1) is 11.7. The van der Waals surface area contributed by atoms with Crippen molar-refractivity contribution in [3.63, 3.8) is 0 Å². The van der Waals surface area contributed by atoms with Gasteiger partial charge in [0.15, 0.2) is 8.02 Å². The third-order valence-electron chi connectivity index (χ3n) is 1.80. The molecule has 1 aromatic carbocycles. The lowest BCUT2D eigenvalue weighted by Crippen LogP contribution is -1.92. The van der Waals surface area contributed by atoms with Crippen LogP contribution in [0.5, 0.6) is 0 Å². The lowest BCUT2D eigenvalue weighted by atomic mass is 10.2. The zero-order chi connectivity index (χ0) is 11.7. The summed E-state index contributed by atoms with van der Waals surface area (Å²) in [4.78, 5) is 10.4. The molecule has 0 aliphatic rings. The molecule has 0 saturated heterocycles. The predicted molar refractivity (Wildman–Crippen MR) is 69.7 cm³/mol. The van der Waals surface area contributed by atoms with Gasteiger partial charge in [0.2, 0.25) is 0 Å². The van der Waals surface area contributed by atoms with Gasteiger partial charge in [0.05, 0.1) is 9.95 Å². The fourth-order valence-electron chi connectivity index (χ4n) is 1.18. The number of nitrogens with zero attached hydrogens (tertiary/aromatic N) is 3. The van der Waals surface area contributed by atoms with E-state index in [2.05, 4.69) is 10.2 Å². The summed E-state index contributed by atoms with van der Waals surface area (Å²) in [6, 6.07) is 4.53. The first-order valence-corrected chi connectivity index (χ1v) is 6.29.